The van der Waals surface area contributed by atoms with Crippen molar-refractivity contribution in [2.45, 2.75) is 57.5 Å². The number of carbonyl (C=O) groups excluding carboxylic acids is 2. The fourth-order valence-electron chi connectivity index (χ4n) is 3.79. The number of rotatable bonds is 12. The Bertz CT molecular complexity index is 967. The predicted molar refractivity (Wildman–Crippen MR) is 129 cm³/mol. The molecule has 2 aromatic rings. The van der Waals surface area contributed by atoms with E-state index in [1.807, 2.05) is 30.3 Å². The predicted octanol–water partition coefficient (Wildman–Crippen LogP) is 2.61. The Balaban J connectivity index is 1.29. The Morgan fingerprint density at radius 1 is 1.06 bits per heavy atom. The highest BCUT2D eigenvalue weighted by Gasteiger charge is 2.19. The van der Waals surface area contributed by atoms with Crippen LogP contribution in [0.1, 0.15) is 48.9 Å². The summed E-state index contributed by atoms with van der Waals surface area (Å²) in [5, 5.41) is 20.5. The molecule has 1 aromatic heterocycles. The molecular formula is C25H33N5O4. The van der Waals surface area contributed by atoms with Gasteiger partial charge in [-0.1, -0.05) is 36.4 Å². The van der Waals surface area contributed by atoms with Gasteiger partial charge in [-0.3, -0.25) is 4.79 Å². The third-order valence-electron chi connectivity index (χ3n) is 5.69. The number of unbranched alkanes of at least 4 members (excludes halogenated alkanes) is 1. The molecule has 1 unspecified atom stereocenters. The van der Waals surface area contributed by atoms with E-state index in [-0.39, 0.29) is 18.9 Å². The van der Waals surface area contributed by atoms with E-state index >= 15 is 0 Å². The van der Waals surface area contributed by atoms with Crippen molar-refractivity contribution in [3.8, 4) is 0 Å². The number of amides is 3. The molecule has 1 aromatic carbocycles. The second kappa shape index (κ2) is 13.2. The number of urea groups is 1. The molecule has 0 saturated heterocycles. The quantitative estimate of drug-likeness (QED) is 0.305. The number of benzene rings is 1. The van der Waals surface area contributed by atoms with Gasteiger partial charge in [0.05, 0.1) is 0 Å². The number of carbonyl (C=O) groups is 3. The van der Waals surface area contributed by atoms with Crippen LogP contribution in [-0.2, 0) is 29.0 Å². The number of aromatic nitrogens is 1. The molecule has 3 rings (SSSR count). The Morgan fingerprint density at radius 3 is 2.68 bits per heavy atom. The van der Waals surface area contributed by atoms with Gasteiger partial charge in [-0.15, -0.1) is 0 Å². The van der Waals surface area contributed by atoms with E-state index in [4.69, 9.17) is 0 Å². The molecule has 9 heteroatoms. The molecule has 0 saturated carbocycles. The summed E-state index contributed by atoms with van der Waals surface area (Å²) in [6.07, 6.45) is 5.05. The largest absolute Gasteiger partial charge is 0.480 e. The van der Waals surface area contributed by atoms with Crippen LogP contribution in [0.25, 0.3) is 0 Å². The monoisotopic (exact) mass is 467 g/mol. The number of pyridine rings is 1. The van der Waals surface area contributed by atoms with Crippen molar-refractivity contribution in [2.24, 2.45) is 0 Å². The Morgan fingerprint density at radius 2 is 1.88 bits per heavy atom. The van der Waals surface area contributed by atoms with Gasteiger partial charge in [0.25, 0.3) is 0 Å². The number of carboxylic acids is 1. The van der Waals surface area contributed by atoms with Gasteiger partial charge in [0.15, 0.2) is 0 Å². The maximum absolute atomic E-state index is 12.1. The first-order valence-electron chi connectivity index (χ1n) is 11.8. The van der Waals surface area contributed by atoms with Crippen LogP contribution in [0, 0.1) is 0 Å². The zero-order chi connectivity index (χ0) is 24.2. The Kier molecular flexibility index (Phi) is 9.69. The van der Waals surface area contributed by atoms with Crippen LogP contribution in [0.4, 0.5) is 10.6 Å². The SMILES string of the molecule is O=C(CCCCc1ccc2c(n1)NCCC2)NCCC(NC(=O)NCc1ccccc1)C(=O)O. The molecule has 2 heterocycles. The first kappa shape index (κ1) is 25.0. The fraction of sp³-hybridized carbons (Fsp3) is 0.440. The summed E-state index contributed by atoms with van der Waals surface area (Å²) < 4.78 is 0. The van der Waals surface area contributed by atoms with Gasteiger partial charge in [0.2, 0.25) is 5.91 Å². The minimum Gasteiger partial charge on any atom is -0.480 e. The summed E-state index contributed by atoms with van der Waals surface area (Å²) in [7, 11) is 0. The summed E-state index contributed by atoms with van der Waals surface area (Å²) in [6, 6.07) is 11.9. The second-order valence-corrected chi connectivity index (χ2v) is 8.39. The third-order valence-corrected chi connectivity index (χ3v) is 5.69. The average Bonchev–Trinajstić information content (AvgIpc) is 2.85. The molecule has 3 amide bonds. The summed E-state index contributed by atoms with van der Waals surface area (Å²) in [5.74, 6) is -0.286. The number of anilines is 1. The number of aryl methyl sites for hydroxylation is 2. The van der Waals surface area contributed by atoms with Gasteiger partial charge in [-0.05, 0) is 55.7 Å². The highest BCUT2D eigenvalue weighted by molar-refractivity contribution is 5.82. The van der Waals surface area contributed by atoms with E-state index in [0.29, 0.717) is 13.0 Å². The number of carboxylic acid groups (broad SMARTS) is 1. The van der Waals surface area contributed by atoms with Gasteiger partial charge in [0, 0.05) is 31.7 Å². The first-order valence-corrected chi connectivity index (χ1v) is 11.8. The number of nitrogens with one attached hydrogen (secondary N) is 4. The highest BCUT2D eigenvalue weighted by atomic mass is 16.4. The highest BCUT2D eigenvalue weighted by Crippen LogP contribution is 2.20. The van der Waals surface area contributed by atoms with Gasteiger partial charge in [-0.2, -0.15) is 0 Å². The maximum Gasteiger partial charge on any atom is 0.326 e. The smallest absolute Gasteiger partial charge is 0.326 e. The molecule has 182 valence electrons. The van der Waals surface area contributed by atoms with Gasteiger partial charge >= 0.3 is 12.0 Å². The molecule has 5 N–H and O–H groups in total. The van der Waals surface area contributed by atoms with Gasteiger partial charge in [0.1, 0.15) is 11.9 Å². The lowest BCUT2D eigenvalue weighted by atomic mass is 10.1. The van der Waals surface area contributed by atoms with Crippen molar-refractivity contribution >= 4 is 23.7 Å². The van der Waals surface area contributed by atoms with Crippen molar-refractivity contribution < 1.29 is 19.5 Å². The average molecular weight is 468 g/mol. The number of hydrogen-bond donors (Lipinski definition) is 5. The molecule has 1 atom stereocenters. The minimum absolute atomic E-state index is 0.103. The molecule has 0 aliphatic carbocycles. The molecule has 0 spiro atoms. The van der Waals surface area contributed by atoms with Crippen molar-refractivity contribution in [3.63, 3.8) is 0 Å². The number of fused-ring (bicyclic) bond motifs is 1. The molecule has 1 aliphatic rings. The van der Waals surface area contributed by atoms with Crippen LogP contribution in [0.5, 0.6) is 0 Å². The van der Waals surface area contributed by atoms with Crippen LogP contribution >= 0.6 is 0 Å². The number of hydrogen-bond acceptors (Lipinski definition) is 5. The van der Waals surface area contributed by atoms with Crippen molar-refractivity contribution in [1.29, 1.82) is 0 Å². The second-order valence-electron chi connectivity index (χ2n) is 8.39. The van der Waals surface area contributed by atoms with E-state index in [2.05, 4.69) is 38.4 Å². The van der Waals surface area contributed by atoms with Crippen LogP contribution in [0.3, 0.4) is 0 Å². The summed E-state index contributed by atoms with van der Waals surface area (Å²) in [4.78, 5) is 40.2. The fourth-order valence-corrected chi connectivity index (χ4v) is 3.79. The minimum atomic E-state index is -1.14. The van der Waals surface area contributed by atoms with E-state index in [0.717, 1.165) is 55.7 Å². The zero-order valence-corrected chi connectivity index (χ0v) is 19.3. The lowest BCUT2D eigenvalue weighted by Gasteiger charge is -2.17. The van der Waals surface area contributed by atoms with E-state index in [1.54, 1.807) is 0 Å². The normalized spacial score (nSPS) is 13.2. The standard InChI is InChI=1S/C25H33N5O4/c31-22(11-5-4-10-20-13-12-19-9-6-15-27-23(19)29-20)26-16-14-21(24(32)33)30-25(34)28-17-18-7-2-1-3-8-18/h1-3,7-8,12-13,21H,4-6,9-11,14-17H2,(H,26,31)(H,27,29)(H,32,33)(H2,28,30,34). The van der Waals surface area contributed by atoms with Crippen LogP contribution < -0.4 is 21.3 Å². The first-order chi connectivity index (χ1) is 16.5. The third kappa shape index (κ3) is 8.38. The summed E-state index contributed by atoms with van der Waals surface area (Å²) >= 11 is 0. The molecular weight excluding hydrogens is 434 g/mol. The van der Waals surface area contributed by atoms with Crippen LogP contribution in [0.2, 0.25) is 0 Å². The van der Waals surface area contributed by atoms with Crippen LogP contribution in [0.15, 0.2) is 42.5 Å². The molecule has 9 nitrogen and oxygen atoms in total. The Labute approximate surface area is 199 Å². The number of aliphatic carboxylic acids is 1. The van der Waals surface area contributed by atoms with Crippen molar-refractivity contribution in [1.82, 2.24) is 20.9 Å². The summed E-state index contributed by atoms with van der Waals surface area (Å²) in [5.41, 5.74) is 3.20. The number of nitrogens with zero attached hydrogens (tertiary/aromatic N) is 1. The maximum atomic E-state index is 12.1. The van der Waals surface area contributed by atoms with Crippen molar-refractivity contribution in [2.75, 3.05) is 18.4 Å². The molecule has 0 bridgehead atoms. The lowest BCUT2D eigenvalue weighted by Crippen LogP contribution is -2.47. The topological polar surface area (TPSA) is 132 Å². The van der Waals surface area contributed by atoms with E-state index < -0.39 is 18.0 Å². The summed E-state index contributed by atoms with van der Waals surface area (Å²) in [6.45, 7) is 1.43. The molecule has 34 heavy (non-hydrogen) atoms. The zero-order valence-electron chi connectivity index (χ0n) is 19.3. The molecule has 1 aliphatic heterocycles. The Hall–Kier alpha value is -3.62. The molecule has 0 radical (unpaired) electrons. The van der Waals surface area contributed by atoms with E-state index in [9.17, 15) is 19.5 Å². The van der Waals surface area contributed by atoms with Gasteiger partial charge in [-0.25, -0.2) is 14.6 Å². The van der Waals surface area contributed by atoms with E-state index in [1.165, 1.54) is 5.56 Å². The van der Waals surface area contributed by atoms with Crippen molar-refractivity contribution in [3.05, 3.63) is 59.3 Å². The molecule has 0 fully saturated rings. The lowest BCUT2D eigenvalue weighted by molar-refractivity contribution is -0.139. The van der Waals surface area contributed by atoms with Gasteiger partial charge < -0.3 is 26.4 Å². The van der Waals surface area contributed by atoms with Crippen LogP contribution in [-0.4, -0.2) is 47.1 Å².